The van der Waals surface area contributed by atoms with Gasteiger partial charge in [-0.05, 0) is 85.9 Å². The monoisotopic (exact) mass is 592 g/mol. The molecule has 0 radical (unpaired) electrons. The predicted molar refractivity (Wildman–Crippen MR) is 164 cm³/mol. The van der Waals surface area contributed by atoms with Gasteiger partial charge in [0.2, 0.25) is 0 Å². The number of aryl methyl sites for hydroxylation is 1. The third-order valence-electron chi connectivity index (χ3n) is 6.61. The number of rotatable bonds is 5. The number of hydrogen-bond donors (Lipinski definition) is 2. The molecule has 10 heteroatoms. The highest BCUT2D eigenvalue weighted by molar-refractivity contribution is 7.80. The van der Waals surface area contributed by atoms with Crippen LogP contribution in [0.25, 0.3) is 11.3 Å². The van der Waals surface area contributed by atoms with Crippen LogP contribution < -0.4 is 15.5 Å². The van der Waals surface area contributed by atoms with E-state index >= 15 is 0 Å². The molecule has 0 spiro atoms. The summed E-state index contributed by atoms with van der Waals surface area (Å²) >= 11 is 17.5. The maximum atomic E-state index is 12.8. The van der Waals surface area contributed by atoms with Crippen LogP contribution in [0.4, 0.5) is 11.4 Å². The lowest BCUT2D eigenvalue weighted by atomic mass is 10.1. The van der Waals surface area contributed by atoms with Crippen molar-refractivity contribution in [2.75, 3.05) is 36.4 Å². The molecule has 0 bridgehead atoms. The first-order valence-corrected chi connectivity index (χ1v) is 13.8. The third kappa shape index (κ3) is 6.47. The zero-order valence-electron chi connectivity index (χ0n) is 21.6. The van der Waals surface area contributed by atoms with Crippen LogP contribution in [0.5, 0.6) is 0 Å². The summed E-state index contributed by atoms with van der Waals surface area (Å²) in [7, 11) is 0. The van der Waals surface area contributed by atoms with Gasteiger partial charge in [-0.1, -0.05) is 40.9 Å². The molecule has 2 amide bonds. The Morgan fingerprint density at radius 3 is 2.25 bits per heavy atom. The smallest absolute Gasteiger partial charge is 0.293 e. The summed E-state index contributed by atoms with van der Waals surface area (Å²) in [6, 6.07) is 23.7. The van der Waals surface area contributed by atoms with Gasteiger partial charge in [0.1, 0.15) is 5.76 Å². The number of thiocarbonyl (C=S) groups is 1. The topological polar surface area (TPSA) is 77.8 Å². The summed E-state index contributed by atoms with van der Waals surface area (Å²) in [6.45, 7) is 4.80. The zero-order chi connectivity index (χ0) is 28.2. The van der Waals surface area contributed by atoms with E-state index in [1.807, 2.05) is 60.4 Å². The molecule has 5 rings (SSSR count). The van der Waals surface area contributed by atoms with Crippen LogP contribution in [0.3, 0.4) is 0 Å². The average molecular weight is 594 g/mol. The number of benzene rings is 3. The molecule has 2 heterocycles. The number of piperazine rings is 1. The molecule has 40 heavy (non-hydrogen) atoms. The summed E-state index contributed by atoms with van der Waals surface area (Å²) in [5.41, 5.74) is 4.26. The van der Waals surface area contributed by atoms with E-state index in [2.05, 4.69) is 15.5 Å². The first-order chi connectivity index (χ1) is 19.3. The Labute approximate surface area is 247 Å². The Balaban J connectivity index is 1.12. The fourth-order valence-electron chi connectivity index (χ4n) is 4.42. The molecule has 1 aliphatic heterocycles. The number of carbonyl (C=O) groups excluding carboxylic acids is 2. The van der Waals surface area contributed by atoms with Crippen molar-refractivity contribution in [3.63, 3.8) is 0 Å². The van der Waals surface area contributed by atoms with E-state index in [4.69, 9.17) is 39.8 Å². The molecule has 1 fully saturated rings. The molecule has 3 aromatic carbocycles. The second-order valence-corrected chi connectivity index (χ2v) is 10.6. The van der Waals surface area contributed by atoms with Gasteiger partial charge in [0.05, 0.1) is 5.02 Å². The van der Waals surface area contributed by atoms with Crippen LogP contribution in [-0.2, 0) is 0 Å². The largest absolute Gasteiger partial charge is 0.451 e. The summed E-state index contributed by atoms with van der Waals surface area (Å²) in [5.74, 6) is 0.125. The normalized spacial score (nSPS) is 13.2. The Morgan fingerprint density at radius 1 is 0.875 bits per heavy atom. The molecule has 1 aliphatic rings. The predicted octanol–water partition coefficient (Wildman–Crippen LogP) is 6.65. The molecule has 7 nitrogen and oxygen atoms in total. The highest BCUT2D eigenvalue weighted by Crippen LogP contribution is 2.31. The first-order valence-electron chi connectivity index (χ1n) is 12.7. The first kappa shape index (κ1) is 27.7. The Morgan fingerprint density at radius 2 is 1.57 bits per heavy atom. The standard InChI is InChI=1S/C30H26Cl2N4O3S/c1-19-2-4-20(5-3-19)29(38)36-16-14-35(15-17-36)23-9-7-22(8-10-23)33-30(40)34-28(37)27-13-12-26(39-27)24-11-6-21(31)18-25(24)32/h2-13,18H,14-17H2,1H3,(H2,33,34,37,40). The molecule has 1 aromatic heterocycles. The van der Waals surface area contributed by atoms with Crippen molar-refractivity contribution >= 4 is 63.7 Å². The third-order valence-corrected chi connectivity index (χ3v) is 7.36. The van der Waals surface area contributed by atoms with Gasteiger partial charge in [-0.25, -0.2) is 0 Å². The van der Waals surface area contributed by atoms with Gasteiger partial charge in [0.25, 0.3) is 11.8 Å². The molecule has 0 unspecified atom stereocenters. The molecular weight excluding hydrogens is 567 g/mol. The number of amides is 2. The zero-order valence-corrected chi connectivity index (χ0v) is 23.9. The van der Waals surface area contributed by atoms with Gasteiger partial charge in [0.15, 0.2) is 10.9 Å². The van der Waals surface area contributed by atoms with Crippen LogP contribution in [0.1, 0.15) is 26.5 Å². The lowest BCUT2D eigenvalue weighted by molar-refractivity contribution is 0.0746. The Hall–Kier alpha value is -3.85. The minimum Gasteiger partial charge on any atom is -0.451 e. The van der Waals surface area contributed by atoms with E-state index in [1.165, 1.54) is 0 Å². The minimum atomic E-state index is -0.483. The number of furan rings is 1. The van der Waals surface area contributed by atoms with Gasteiger partial charge < -0.3 is 19.5 Å². The second-order valence-electron chi connectivity index (χ2n) is 9.39. The van der Waals surface area contributed by atoms with Gasteiger partial charge in [-0.3, -0.25) is 14.9 Å². The molecule has 0 saturated carbocycles. The molecule has 1 saturated heterocycles. The quantitative estimate of drug-likeness (QED) is 0.253. The summed E-state index contributed by atoms with van der Waals surface area (Å²) in [6.07, 6.45) is 0. The van der Waals surface area contributed by atoms with Crippen molar-refractivity contribution in [3.05, 3.63) is 106 Å². The number of hydrogen-bond acceptors (Lipinski definition) is 5. The van der Waals surface area contributed by atoms with Crippen LogP contribution >= 0.6 is 35.4 Å². The molecule has 0 aliphatic carbocycles. The number of anilines is 2. The minimum absolute atomic E-state index is 0.0642. The van der Waals surface area contributed by atoms with E-state index in [-0.39, 0.29) is 16.8 Å². The Kier molecular flexibility index (Phi) is 8.40. The van der Waals surface area contributed by atoms with Crippen molar-refractivity contribution in [3.8, 4) is 11.3 Å². The molecule has 4 aromatic rings. The van der Waals surface area contributed by atoms with Crippen LogP contribution in [0.2, 0.25) is 10.0 Å². The van der Waals surface area contributed by atoms with Crippen LogP contribution in [-0.4, -0.2) is 48.0 Å². The number of nitrogens with one attached hydrogen (secondary N) is 2. The van der Waals surface area contributed by atoms with Crippen molar-refractivity contribution in [2.45, 2.75) is 6.92 Å². The summed E-state index contributed by atoms with van der Waals surface area (Å²) in [4.78, 5) is 29.6. The van der Waals surface area contributed by atoms with E-state index in [0.717, 1.165) is 35.6 Å². The highest BCUT2D eigenvalue weighted by Gasteiger charge is 2.22. The molecule has 2 N–H and O–H groups in total. The number of halogens is 2. The van der Waals surface area contributed by atoms with E-state index in [1.54, 1.807) is 30.3 Å². The second kappa shape index (κ2) is 12.1. The van der Waals surface area contributed by atoms with E-state index < -0.39 is 5.91 Å². The fourth-order valence-corrected chi connectivity index (χ4v) is 5.14. The average Bonchev–Trinajstić information content (AvgIpc) is 3.44. The van der Waals surface area contributed by atoms with E-state index in [0.29, 0.717) is 34.5 Å². The van der Waals surface area contributed by atoms with Crippen LogP contribution in [0, 0.1) is 6.92 Å². The van der Waals surface area contributed by atoms with Gasteiger partial charge >= 0.3 is 0 Å². The van der Waals surface area contributed by atoms with Gasteiger partial charge in [-0.15, -0.1) is 0 Å². The van der Waals surface area contributed by atoms with Crippen molar-refractivity contribution in [1.29, 1.82) is 0 Å². The maximum absolute atomic E-state index is 12.8. The molecule has 0 atom stereocenters. The summed E-state index contributed by atoms with van der Waals surface area (Å²) in [5, 5.41) is 6.73. The summed E-state index contributed by atoms with van der Waals surface area (Å²) < 4.78 is 5.68. The van der Waals surface area contributed by atoms with Gasteiger partial charge in [0, 0.05) is 53.7 Å². The van der Waals surface area contributed by atoms with Crippen LogP contribution in [0.15, 0.2) is 83.3 Å². The highest BCUT2D eigenvalue weighted by atomic mass is 35.5. The number of nitrogens with zero attached hydrogens (tertiary/aromatic N) is 2. The Bertz CT molecular complexity index is 1550. The van der Waals surface area contributed by atoms with Crippen molar-refractivity contribution < 1.29 is 14.0 Å². The number of carbonyl (C=O) groups is 2. The van der Waals surface area contributed by atoms with E-state index in [9.17, 15) is 9.59 Å². The lowest BCUT2D eigenvalue weighted by Crippen LogP contribution is -2.48. The SMILES string of the molecule is Cc1ccc(C(=O)N2CCN(c3ccc(NC(=S)NC(=O)c4ccc(-c5ccc(Cl)cc5Cl)o4)cc3)CC2)cc1. The molecule has 204 valence electrons. The van der Waals surface area contributed by atoms with Crippen molar-refractivity contribution in [1.82, 2.24) is 10.2 Å². The lowest BCUT2D eigenvalue weighted by Gasteiger charge is -2.36. The fraction of sp³-hybridized carbons (Fsp3) is 0.167. The molecular formula is C30H26Cl2N4O3S. The maximum Gasteiger partial charge on any atom is 0.293 e. The van der Waals surface area contributed by atoms with Gasteiger partial charge in [-0.2, -0.15) is 0 Å². The van der Waals surface area contributed by atoms with Crippen molar-refractivity contribution in [2.24, 2.45) is 0 Å².